The molecule has 0 aromatic carbocycles. The lowest BCUT2D eigenvalue weighted by Gasteiger charge is -2.24. The average molecular weight is 197 g/mol. The predicted octanol–water partition coefficient (Wildman–Crippen LogP) is -0.536. The van der Waals surface area contributed by atoms with Crippen molar-refractivity contribution in [1.82, 2.24) is 16.0 Å². The highest BCUT2D eigenvalue weighted by atomic mass is 16.1. The van der Waals surface area contributed by atoms with Crippen LogP contribution < -0.4 is 16.0 Å². The second-order valence-electron chi connectivity index (χ2n) is 4.33. The van der Waals surface area contributed by atoms with Crippen LogP contribution in [0.5, 0.6) is 0 Å². The predicted molar refractivity (Wildman–Crippen MR) is 55.0 cm³/mol. The van der Waals surface area contributed by atoms with Crippen molar-refractivity contribution in [3.8, 4) is 0 Å². The third-order valence-electron chi connectivity index (χ3n) is 3.07. The van der Waals surface area contributed by atoms with Crippen LogP contribution >= 0.6 is 0 Å². The molecule has 0 bridgehead atoms. The summed E-state index contributed by atoms with van der Waals surface area (Å²) < 4.78 is 0. The van der Waals surface area contributed by atoms with Gasteiger partial charge in [-0.1, -0.05) is 0 Å². The van der Waals surface area contributed by atoms with Gasteiger partial charge in [-0.25, -0.2) is 0 Å². The Balaban J connectivity index is 1.63. The molecule has 14 heavy (non-hydrogen) atoms. The summed E-state index contributed by atoms with van der Waals surface area (Å²) in [5.41, 5.74) is 0. The molecule has 2 atom stereocenters. The number of nitrogens with one attached hydrogen (secondary N) is 3. The van der Waals surface area contributed by atoms with Crippen LogP contribution in [0, 0.1) is 5.92 Å². The molecule has 0 radical (unpaired) electrons. The molecule has 2 heterocycles. The minimum atomic E-state index is 0.185. The fourth-order valence-electron chi connectivity index (χ4n) is 2.18. The molecule has 2 aliphatic heterocycles. The number of hydrogen-bond donors (Lipinski definition) is 3. The number of amides is 1. The van der Waals surface area contributed by atoms with E-state index in [2.05, 4.69) is 16.0 Å². The Morgan fingerprint density at radius 2 is 2.36 bits per heavy atom. The van der Waals surface area contributed by atoms with Gasteiger partial charge in [0.05, 0.1) is 0 Å². The molecular formula is C10H19N3O. The average Bonchev–Trinajstić information content (AvgIpc) is 2.63. The first-order valence-corrected chi connectivity index (χ1v) is 5.55. The van der Waals surface area contributed by atoms with Crippen LogP contribution in [-0.4, -0.2) is 38.1 Å². The van der Waals surface area contributed by atoms with Gasteiger partial charge in [0.25, 0.3) is 0 Å². The minimum Gasteiger partial charge on any atom is -0.354 e. The Labute approximate surface area is 84.8 Å². The largest absolute Gasteiger partial charge is 0.354 e. The zero-order valence-electron chi connectivity index (χ0n) is 8.51. The zero-order valence-corrected chi connectivity index (χ0v) is 8.51. The first-order valence-electron chi connectivity index (χ1n) is 5.55. The van der Waals surface area contributed by atoms with E-state index in [0.717, 1.165) is 25.6 Å². The summed E-state index contributed by atoms with van der Waals surface area (Å²) >= 11 is 0. The topological polar surface area (TPSA) is 53.2 Å². The van der Waals surface area contributed by atoms with Crippen molar-refractivity contribution in [3.63, 3.8) is 0 Å². The number of carbonyl (C=O) groups excluding carboxylic acids is 1. The van der Waals surface area contributed by atoms with Gasteiger partial charge >= 0.3 is 0 Å². The van der Waals surface area contributed by atoms with Gasteiger partial charge in [-0.2, -0.15) is 0 Å². The zero-order chi connectivity index (χ0) is 9.80. The normalized spacial score (nSPS) is 33.0. The molecule has 4 nitrogen and oxygen atoms in total. The highest BCUT2D eigenvalue weighted by molar-refractivity contribution is 5.78. The molecule has 0 aromatic heterocycles. The van der Waals surface area contributed by atoms with E-state index in [1.165, 1.54) is 19.4 Å². The minimum absolute atomic E-state index is 0.185. The second-order valence-corrected chi connectivity index (χ2v) is 4.33. The van der Waals surface area contributed by atoms with E-state index in [4.69, 9.17) is 0 Å². The van der Waals surface area contributed by atoms with Crippen LogP contribution in [0.1, 0.15) is 19.3 Å². The fraction of sp³-hybridized carbons (Fsp3) is 0.900. The number of piperidine rings is 1. The Bertz CT molecular complexity index is 202. The number of carbonyl (C=O) groups is 1. The molecule has 2 unspecified atom stereocenters. The smallest absolute Gasteiger partial charge is 0.221 e. The molecule has 1 amide bonds. The van der Waals surface area contributed by atoms with Gasteiger partial charge < -0.3 is 16.0 Å². The molecule has 80 valence electrons. The first-order chi connectivity index (χ1) is 6.84. The van der Waals surface area contributed by atoms with E-state index in [9.17, 15) is 4.79 Å². The molecule has 0 aromatic rings. The van der Waals surface area contributed by atoms with E-state index in [1.807, 2.05) is 0 Å². The van der Waals surface area contributed by atoms with Gasteiger partial charge in [-0.05, 0) is 38.4 Å². The Morgan fingerprint density at radius 3 is 3.00 bits per heavy atom. The maximum atomic E-state index is 10.9. The molecule has 3 N–H and O–H groups in total. The lowest BCUT2D eigenvalue weighted by Crippen LogP contribution is -2.40. The number of rotatable bonds is 3. The summed E-state index contributed by atoms with van der Waals surface area (Å²) in [5.74, 6) is 0.934. The first kappa shape index (κ1) is 9.93. The van der Waals surface area contributed by atoms with Gasteiger partial charge in [-0.3, -0.25) is 4.79 Å². The SMILES string of the molecule is O=C1CC(NCC2CCCNC2)CN1. The van der Waals surface area contributed by atoms with Crippen molar-refractivity contribution >= 4 is 5.91 Å². The van der Waals surface area contributed by atoms with E-state index in [1.54, 1.807) is 0 Å². The maximum Gasteiger partial charge on any atom is 0.221 e. The van der Waals surface area contributed by atoms with Crippen LogP contribution in [0.25, 0.3) is 0 Å². The van der Waals surface area contributed by atoms with Crippen molar-refractivity contribution in [2.75, 3.05) is 26.2 Å². The lowest BCUT2D eigenvalue weighted by atomic mass is 9.99. The van der Waals surface area contributed by atoms with Crippen LogP contribution in [0.3, 0.4) is 0 Å². The van der Waals surface area contributed by atoms with E-state index >= 15 is 0 Å². The Morgan fingerprint density at radius 1 is 1.43 bits per heavy atom. The van der Waals surface area contributed by atoms with E-state index in [-0.39, 0.29) is 5.91 Å². The van der Waals surface area contributed by atoms with Crippen molar-refractivity contribution in [2.24, 2.45) is 5.92 Å². The lowest BCUT2D eigenvalue weighted by molar-refractivity contribution is -0.119. The maximum absolute atomic E-state index is 10.9. The van der Waals surface area contributed by atoms with Crippen LogP contribution in [0.15, 0.2) is 0 Å². The Hall–Kier alpha value is -0.610. The third kappa shape index (κ3) is 2.69. The molecule has 4 heteroatoms. The van der Waals surface area contributed by atoms with Crippen LogP contribution in [0.4, 0.5) is 0 Å². The number of hydrogen-bond acceptors (Lipinski definition) is 3. The fourth-order valence-corrected chi connectivity index (χ4v) is 2.18. The molecule has 2 rings (SSSR count). The van der Waals surface area contributed by atoms with Crippen molar-refractivity contribution in [3.05, 3.63) is 0 Å². The molecule has 2 aliphatic rings. The van der Waals surface area contributed by atoms with Crippen LogP contribution in [0.2, 0.25) is 0 Å². The van der Waals surface area contributed by atoms with Gasteiger partial charge in [0.1, 0.15) is 0 Å². The standard InChI is InChI=1S/C10H19N3O/c14-10-4-9(7-13-10)12-6-8-2-1-3-11-5-8/h8-9,11-12H,1-7H2,(H,13,14). The van der Waals surface area contributed by atoms with Gasteiger partial charge in [0.2, 0.25) is 5.91 Å². The van der Waals surface area contributed by atoms with E-state index in [0.29, 0.717) is 12.5 Å². The monoisotopic (exact) mass is 197 g/mol. The van der Waals surface area contributed by atoms with Crippen molar-refractivity contribution < 1.29 is 4.79 Å². The van der Waals surface area contributed by atoms with Crippen molar-refractivity contribution in [1.29, 1.82) is 0 Å². The van der Waals surface area contributed by atoms with Gasteiger partial charge in [0.15, 0.2) is 0 Å². The molecule has 0 aliphatic carbocycles. The summed E-state index contributed by atoms with van der Waals surface area (Å²) in [4.78, 5) is 10.9. The summed E-state index contributed by atoms with van der Waals surface area (Å²) in [6, 6.07) is 0.365. The molecular weight excluding hydrogens is 178 g/mol. The summed E-state index contributed by atoms with van der Waals surface area (Å²) in [5, 5.41) is 9.70. The highest BCUT2D eigenvalue weighted by Gasteiger charge is 2.22. The van der Waals surface area contributed by atoms with E-state index < -0.39 is 0 Å². The Kier molecular flexibility index (Phi) is 3.37. The quantitative estimate of drug-likeness (QED) is 0.570. The highest BCUT2D eigenvalue weighted by Crippen LogP contribution is 2.09. The van der Waals surface area contributed by atoms with Crippen molar-refractivity contribution in [2.45, 2.75) is 25.3 Å². The van der Waals surface area contributed by atoms with Gasteiger partial charge in [0, 0.05) is 19.0 Å². The molecule has 0 saturated carbocycles. The summed E-state index contributed by atoms with van der Waals surface area (Å²) in [6.45, 7) is 4.15. The third-order valence-corrected chi connectivity index (χ3v) is 3.07. The van der Waals surface area contributed by atoms with Crippen LogP contribution in [-0.2, 0) is 4.79 Å². The summed E-state index contributed by atoms with van der Waals surface area (Å²) in [7, 11) is 0. The molecule has 2 fully saturated rings. The van der Waals surface area contributed by atoms with Gasteiger partial charge in [-0.15, -0.1) is 0 Å². The molecule has 0 spiro atoms. The summed E-state index contributed by atoms with van der Waals surface area (Å²) in [6.07, 6.45) is 3.25. The second kappa shape index (κ2) is 4.75. The molecule has 2 saturated heterocycles.